The first kappa shape index (κ1) is 29.8. The van der Waals surface area contributed by atoms with Crippen molar-refractivity contribution >= 4 is 35.5 Å². The SMILES string of the molecule is Cn1ccnc1CNC(=O)CCCOc1cccc2c1C(=O)N(C1CCC(=O)NC1=O)C2=O.O=C(O)C(F)(F)F. The number of aryl methyl sites for hydroxylation is 1. The predicted octanol–water partition coefficient (Wildman–Crippen LogP) is 0.930. The van der Waals surface area contributed by atoms with E-state index >= 15 is 0 Å². The largest absolute Gasteiger partial charge is 0.493 e. The van der Waals surface area contributed by atoms with Crippen LogP contribution in [0.15, 0.2) is 30.6 Å². The highest BCUT2D eigenvalue weighted by molar-refractivity contribution is 6.24. The lowest BCUT2D eigenvalue weighted by Crippen LogP contribution is -2.54. The number of amides is 5. The molecular weight excluding hydrogens is 543 g/mol. The van der Waals surface area contributed by atoms with Crippen molar-refractivity contribution in [3.63, 3.8) is 0 Å². The van der Waals surface area contributed by atoms with Gasteiger partial charge in [-0.15, -0.1) is 0 Å². The predicted molar refractivity (Wildman–Crippen MR) is 127 cm³/mol. The molecule has 1 aromatic heterocycles. The third kappa shape index (κ3) is 7.00. The van der Waals surface area contributed by atoms with Crippen molar-refractivity contribution in [2.45, 2.75) is 44.4 Å². The van der Waals surface area contributed by atoms with E-state index in [1.807, 2.05) is 11.6 Å². The van der Waals surface area contributed by atoms with Gasteiger partial charge in [0, 0.05) is 32.3 Å². The Morgan fingerprint density at radius 2 is 1.90 bits per heavy atom. The third-order valence-electron chi connectivity index (χ3n) is 5.84. The molecule has 0 spiro atoms. The molecule has 40 heavy (non-hydrogen) atoms. The van der Waals surface area contributed by atoms with Crippen molar-refractivity contribution < 1.29 is 51.8 Å². The monoisotopic (exact) mass is 567 g/mol. The van der Waals surface area contributed by atoms with E-state index in [1.165, 1.54) is 6.07 Å². The number of nitrogens with zero attached hydrogens (tertiary/aromatic N) is 3. The number of carboxylic acid groups (broad SMARTS) is 1. The molecule has 2 aromatic rings. The van der Waals surface area contributed by atoms with E-state index in [1.54, 1.807) is 24.5 Å². The molecule has 1 saturated heterocycles. The maximum Gasteiger partial charge on any atom is 0.490 e. The fourth-order valence-electron chi connectivity index (χ4n) is 3.85. The molecular formula is C24H24F3N5O8. The van der Waals surface area contributed by atoms with Crippen molar-refractivity contribution in [2.24, 2.45) is 7.05 Å². The van der Waals surface area contributed by atoms with Crippen LogP contribution in [0.1, 0.15) is 52.2 Å². The van der Waals surface area contributed by atoms with Gasteiger partial charge in [0.25, 0.3) is 11.8 Å². The molecule has 3 N–H and O–H groups in total. The number of ether oxygens (including phenoxy) is 1. The highest BCUT2D eigenvalue weighted by Crippen LogP contribution is 2.33. The van der Waals surface area contributed by atoms with Crippen LogP contribution >= 0.6 is 0 Å². The van der Waals surface area contributed by atoms with Crippen LogP contribution in [0.4, 0.5) is 13.2 Å². The number of hydrogen-bond acceptors (Lipinski definition) is 8. The Hall–Kier alpha value is -4.76. The molecule has 214 valence electrons. The first-order chi connectivity index (χ1) is 18.8. The number of imide groups is 2. The zero-order valence-corrected chi connectivity index (χ0v) is 21.0. The molecule has 0 radical (unpaired) electrons. The second kappa shape index (κ2) is 12.4. The zero-order chi connectivity index (χ0) is 29.6. The van der Waals surface area contributed by atoms with Crippen molar-refractivity contribution in [2.75, 3.05) is 6.61 Å². The van der Waals surface area contributed by atoms with Crippen LogP contribution in [0.2, 0.25) is 0 Å². The fourth-order valence-corrected chi connectivity index (χ4v) is 3.85. The summed E-state index contributed by atoms with van der Waals surface area (Å²) in [5.74, 6) is -4.28. The Balaban J connectivity index is 0.000000559. The number of rotatable bonds is 8. The Kier molecular flexibility index (Phi) is 9.23. The lowest BCUT2D eigenvalue weighted by Gasteiger charge is -2.27. The number of carbonyl (C=O) groups excluding carboxylic acids is 5. The average molecular weight is 567 g/mol. The smallest absolute Gasteiger partial charge is 0.490 e. The minimum absolute atomic E-state index is 0.0510. The number of aliphatic carboxylic acids is 1. The Morgan fingerprint density at radius 1 is 1.20 bits per heavy atom. The summed E-state index contributed by atoms with van der Waals surface area (Å²) in [5, 5.41) is 12.1. The van der Waals surface area contributed by atoms with Crippen LogP contribution in [0, 0.1) is 0 Å². The molecule has 0 aliphatic carbocycles. The molecule has 1 atom stereocenters. The van der Waals surface area contributed by atoms with Crippen LogP contribution in [-0.2, 0) is 32.8 Å². The van der Waals surface area contributed by atoms with Crippen LogP contribution in [-0.4, -0.2) is 73.9 Å². The molecule has 1 aromatic carbocycles. The van der Waals surface area contributed by atoms with E-state index < -0.39 is 41.8 Å². The summed E-state index contributed by atoms with van der Waals surface area (Å²) in [5.41, 5.74) is 0.237. The first-order valence-corrected chi connectivity index (χ1v) is 11.8. The number of halogens is 3. The second-order valence-corrected chi connectivity index (χ2v) is 8.61. The fraction of sp³-hybridized carbons (Fsp3) is 0.375. The zero-order valence-electron chi connectivity index (χ0n) is 21.0. The van der Waals surface area contributed by atoms with E-state index in [9.17, 15) is 37.1 Å². The molecule has 0 bridgehead atoms. The molecule has 13 nitrogen and oxygen atoms in total. The number of carboxylic acids is 1. The first-order valence-electron chi connectivity index (χ1n) is 11.8. The van der Waals surface area contributed by atoms with Gasteiger partial charge >= 0.3 is 12.1 Å². The normalized spacial score (nSPS) is 16.6. The molecule has 2 aliphatic heterocycles. The standard InChI is InChI=1S/C22H23N5O6.C2HF3O2/c1-26-10-9-23-16(26)12-24-17(28)6-3-11-33-15-5-2-4-13-19(15)22(32)27(21(13)31)14-7-8-18(29)25-20(14)30;3-2(4,5)1(6)7/h2,4-5,9-10,14H,3,6-8,11-12H2,1H3,(H,24,28)(H,25,29,30);(H,6,7). The van der Waals surface area contributed by atoms with Gasteiger partial charge in [0.05, 0.1) is 24.3 Å². The van der Waals surface area contributed by atoms with Gasteiger partial charge in [-0.25, -0.2) is 9.78 Å². The molecule has 2 aliphatic rings. The number of hydrogen-bond donors (Lipinski definition) is 3. The topological polar surface area (TPSA) is 177 Å². The number of aromatic nitrogens is 2. The Labute approximate surface area is 224 Å². The molecule has 0 saturated carbocycles. The summed E-state index contributed by atoms with van der Waals surface area (Å²) in [6.07, 6.45) is -0.888. The molecule has 1 unspecified atom stereocenters. The van der Waals surface area contributed by atoms with Gasteiger partial charge in [-0.1, -0.05) is 6.07 Å². The summed E-state index contributed by atoms with van der Waals surface area (Å²) in [6.45, 7) is 0.480. The summed E-state index contributed by atoms with van der Waals surface area (Å²) in [7, 11) is 1.84. The van der Waals surface area contributed by atoms with Crippen LogP contribution in [0.5, 0.6) is 5.75 Å². The summed E-state index contributed by atoms with van der Waals surface area (Å²) in [6, 6.07) is 3.62. The van der Waals surface area contributed by atoms with E-state index in [4.69, 9.17) is 14.6 Å². The number of imidazole rings is 1. The van der Waals surface area contributed by atoms with E-state index in [0.29, 0.717) is 13.0 Å². The second-order valence-electron chi connectivity index (χ2n) is 8.61. The van der Waals surface area contributed by atoms with Crippen LogP contribution < -0.4 is 15.4 Å². The maximum atomic E-state index is 13.0. The number of benzene rings is 1. The highest BCUT2D eigenvalue weighted by atomic mass is 19.4. The average Bonchev–Trinajstić information content (AvgIpc) is 3.41. The molecule has 4 rings (SSSR count). The third-order valence-corrected chi connectivity index (χ3v) is 5.84. The molecule has 16 heteroatoms. The number of carbonyl (C=O) groups is 6. The minimum atomic E-state index is -5.08. The quantitative estimate of drug-likeness (QED) is 0.309. The van der Waals surface area contributed by atoms with E-state index in [2.05, 4.69) is 15.6 Å². The van der Waals surface area contributed by atoms with E-state index in [0.717, 1.165) is 10.7 Å². The van der Waals surface area contributed by atoms with Crippen molar-refractivity contribution in [1.29, 1.82) is 0 Å². The van der Waals surface area contributed by atoms with Gasteiger partial charge in [-0.3, -0.25) is 34.2 Å². The van der Waals surface area contributed by atoms with Gasteiger partial charge in [-0.05, 0) is 25.0 Å². The van der Waals surface area contributed by atoms with Gasteiger partial charge in [0.2, 0.25) is 17.7 Å². The molecule has 3 heterocycles. The lowest BCUT2D eigenvalue weighted by atomic mass is 10.0. The molecule has 5 amide bonds. The summed E-state index contributed by atoms with van der Waals surface area (Å²) >= 11 is 0. The Morgan fingerprint density at radius 3 is 2.50 bits per heavy atom. The van der Waals surface area contributed by atoms with E-state index in [-0.39, 0.29) is 48.7 Å². The maximum absolute atomic E-state index is 13.0. The van der Waals surface area contributed by atoms with Crippen molar-refractivity contribution in [1.82, 2.24) is 25.1 Å². The van der Waals surface area contributed by atoms with Gasteiger partial charge in [0.1, 0.15) is 17.6 Å². The van der Waals surface area contributed by atoms with Gasteiger partial charge in [0.15, 0.2) is 0 Å². The minimum Gasteiger partial charge on any atom is -0.493 e. The lowest BCUT2D eigenvalue weighted by molar-refractivity contribution is -0.192. The Bertz CT molecular complexity index is 1340. The highest BCUT2D eigenvalue weighted by Gasteiger charge is 2.46. The summed E-state index contributed by atoms with van der Waals surface area (Å²) in [4.78, 5) is 75.4. The van der Waals surface area contributed by atoms with Crippen LogP contribution in [0.25, 0.3) is 0 Å². The van der Waals surface area contributed by atoms with Gasteiger partial charge in [-0.2, -0.15) is 13.2 Å². The van der Waals surface area contributed by atoms with Crippen molar-refractivity contribution in [3.8, 4) is 5.75 Å². The number of piperidine rings is 1. The number of fused-ring (bicyclic) bond motifs is 1. The van der Waals surface area contributed by atoms with Crippen LogP contribution in [0.3, 0.4) is 0 Å². The van der Waals surface area contributed by atoms with Crippen molar-refractivity contribution in [3.05, 3.63) is 47.5 Å². The number of nitrogens with one attached hydrogen (secondary N) is 2. The molecule has 1 fully saturated rings. The summed E-state index contributed by atoms with van der Waals surface area (Å²) < 4.78 is 39.3. The van der Waals surface area contributed by atoms with Gasteiger partial charge < -0.3 is 19.7 Å². The number of alkyl halides is 3.